The summed E-state index contributed by atoms with van der Waals surface area (Å²) in [6.45, 7) is 2.37. The maximum atomic E-state index is 11.3. The van der Waals surface area contributed by atoms with Crippen LogP contribution >= 0.6 is 0 Å². The molecule has 0 aromatic heterocycles. The van der Waals surface area contributed by atoms with Crippen molar-refractivity contribution in [2.45, 2.75) is 25.8 Å². The lowest BCUT2D eigenvalue weighted by atomic mass is 10.1. The minimum atomic E-state index is -0.391. The molecule has 12 heavy (non-hydrogen) atoms. The van der Waals surface area contributed by atoms with Crippen LogP contribution in [-0.4, -0.2) is 35.7 Å². The van der Waals surface area contributed by atoms with Crippen molar-refractivity contribution in [2.24, 2.45) is 5.73 Å². The van der Waals surface area contributed by atoms with E-state index < -0.39 is 6.04 Å². The molecular weight excluding hydrogens is 156 g/mol. The van der Waals surface area contributed by atoms with E-state index in [9.17, 15) is 9.59 Å². The Kier molecular flexibility index (Phi) is 2.81. The number of likely N-dealkylation sites (tertiary alicyclic amines) is 1. The number of rotatable bonds is 2. The fraction of sp³-hybridized carbons (Fsp3) is 0.750. The Labute approximate surface area is 71.7 Å². The van der Waals surface area contributed by atoms with Crippen LogP contribution in [0.2, 0.25) is 0 Å². The van der Waals surface area contributed by atoms with Crippen LogP contribution in [0.5, 0.6) is 0 Å². The van der Waals surface area contributed by atoms with Gasteiger partial charge in [0.05, 0.1) is 12.6 Å². The van der Waals surface area contributed by atoms with E-state index in [2.05, 4.69) is 0 Å². The largest absolute Gasteiger partial charge is 0.334 e. The zero-order valence-electron chi connectivity index (χ0n) is 7.25. The number of amides is 1. The molecule has 2 N–H and O–H groups in total. The lowest BCUT2D eigenvalue weighted by Gasteiger charge is -2.29. The SMILES string of the molecule is CC(=O)CN1CCC[C@@H](N)C1=O. The Morgan fingerprint density at radius 1 is 1.75 bits per heavy atom. The monoisotopic (exact) mass is 170 g/mol. The second-order valence-corrected chi connectivity index (χ2v) is 3.21. The summed E-state index contributed by atoms with van der Waals surface area (Å²) in [5, 5.41) is 0. The molecule has 0 saturated carbocycles. The van der Waals surface area contributed by atoms with Crippen molar-refractivity contribution < 1.29 is 9.59 Å². The molecule has 1 aliphatic heterocycles. The van der Waals surface area contributed by atoms with Crippen molar-refractivity contribution in [3.63, 3.8) is 0 Å². The first-order valence-electron chi connectivity index (χ1n) is 4.15. The molecular formula is C8H14N2O2. The Hall–Kier alpha value is -0.900. The molecule has 4 heteroatoms. The molecule has 0 aromatic carbocycles. The summed E-state index contributed by atoms with van der Waals surface area (Å²) in [5.74, 6) is -0.0751. The van der Waals surface area contributed by atoms with Gasteiger partial charge < -0.3 is 10.6 Å². The average Bonchev–Trinajstić information content (AvgIpc) is 1.98. The van der Waals surface area contributed by atoms with Gasteiger partial charge in [-0.2, -0.15) is 0 Å². The fourth-order valence-corrected chi connectivity index (χ4v) is 1.40. The first kappa shape index (κ1) is 9.19. The Morgan fingerprint density at radius 3 is 3.00 bits per heavy atom. The minimum absolute atomic E-state index is 0.0115. The summed E-state index contributed by atoms with van der Waals surface area (Å²) < 4.78 is 0. The molecule has 0 aliphatic carbocycles. The van der Waals surface area contributed by atoms with Gasteiger partial charge in [-0.15, -0.1) is 0 Å². The van der Waals surface area contributed by atoms with Crippen LogP contribution < -0.4 is 5.73 Å². The van der Waals surface area contributed by atoms with Crippen LogP contribution in [0.15, 0.2) is 0 Å². The molecule has 0 aromatic rings. The summed E-state index contributed by atoms with van der Waals surface area (Å²) in [6.07, 6.45) is 1.65. The van der Waals surface area contributed by atoms with Crippen molar-refractivity contribution in [1.82, 2.24) is 4.90 Å². The van der Waals surface area contributed by atoms with Gasteiger partial charge in [-0.3, -0.25) is 9.59 Å². The molecule has 0 unspecified atom stereocenters. The van der Waals surface area contributed by atoms with Crippen LogP contribution in [0.25, 0.3) is 0 Å². The van der Waals surface area contributed by atoms with Gasteiger partial charge in [0.1, 0.15) is 5.78 Å². The molecule has 68 valence electrons. The standard InChI is InChI=1S/C8H14N2O2/c1-6(11)5-10-4-2-3-7(9)8(10)12/h7H,2-5,9H2,1H3/t7-/m1/s1. The molecule has 1 atom stereocenters. The normalized spacial score (nSPS) is 24.3. The average molecular weight is 170 g/mol. The quantitative estimate of drug-likeness (QED) is 0.609. The highest BCUT2D eigenvalue weighted by Crippen LogP contribution is 2.09. The number of carbonyl (C=O) groups excluding carboxylic acids is 2. The lowest BCUT2D eigenvalue weighted by Crippen LogP contribution is -2.49. The molecule has 1 amide bonds. The predicted molar refractivity (Wildman–Crippen MR) is 44.5 cm³/mol. The van der Waals surface area contributed by atoms with Gasteiger partial charge in [-0.1, -0.05) is 0 Å². The number of ketones is 1. The van der Waals surface area contributed by atoms with E-state index in [1.807, 2.05) is 0 Å². The minimum Gasteiger partial charge on any atom is -0.334 e. The van der Waals surface area contributed by atoms with Crippen molar-refractivity contribution in [2.75, 3.05) is 13.1 Å². The number of nitrogens with zero attached hydrogens (tertiary/aromatic N) is 1. The van der Waals surface area contributed by atoms with Crippen LogP contribution in [-0.2, 0) is 9.59 Å². The van der Waals surface area contributed by atoms with E-state index in [0.717, 1.165) is 12.8 Å². The molecule has 1 saturated heterocycles. The predicted octanol–water partition coefficient (Wildman–Crippen LogP) is -0.475. The van der Waals surface area contributed by atoms with E-state index in [-0.39, 0.29) is 18.2 Å². The number of Topliss-reactive ketones (excluding diaryl/α,β-unsaturated/α-hetero) is 1. The summed E-state index contributed by atoms with van der Waals surface area (Å²) >= 11 is 0. The van der Waals surface area contributed by atoms with E-state index in [4.69, 9.17) is 5.73 Å². The van der Waals surface area contributed by atoms with Crippen molar-refractivity contribution in [3.8, 4) is 0 Å². The summed E-state index contributed by atoms with van der Waals surface area (Å²) in [6, 6.07) is -0.391. The number of nitrogens with two attached hydrogens (primary N) is 1. The molecule has 0 bridgehead atoms. The van der Waals surface area contributed by atoms with Crippen LogP contribution in [0.4, 0.5) is 0 Å². The number of carbonyl (C=O) groups is 2. The lowest BCUT2D eigenvalue weighted by molar-refractivity contribution is -0.138. The highest BCUT2D eigenvalue weighted by Gasteiger charge is 2.25. The Balaban J connectivity index is 2.52. The van der Waals surface area contributed by atoms with Gasteiger partial charge in [0, 0.05) is 6.54 Å². The zero-order valence-corrected chi connectivity index (χ0v) is 7.25. The molecule has 1 heterocycles. The molecule has 1 rings (SSSR count). The van der Waals surface area contributed by atoms with Gasteiger partial charge in [0.25, 0.3) is 0 Å². The van der Waals surface area contributed by atoms with Crippen molar-refractivity contribution >= 4 is 11.7 Å². The van der Waals surface area contributed by atoms with Crippen molar-refractivity contribution in [1.29, 1.82) is 0 Å². The zero-order chi connectivity index (χ0) is 9.14. The summed E-state index contributed by atoms with van der Waals surface area (Å²) in [5.41, 5.74) is 5.54. The van der Waals surface area contributed by atoms with E-state index in [1.54, 1.807) is 0 Å². The van der Waals surface area contributed by atoms with Gasteiger partial charge in [0.2, 0.25) is 5.91 Å². The number of piperidine rings is 1. The summed E-state index contributed by atoms with van der Waals surface area (Å²) in [4.78, 5) is 23.6. The highest BCUT2D eigenvalue weighted by molar-refractivity contribution is 5.87. The highest BCUT2D eigenvalue weighted by atomic mass is 16.2. The fourth-order valence-electron chi connectivity index (χ4n) is 1.40. The third-order valence-corrected chi connectivity index (χ3v) is 1.99. The van der Waals surface area contributed by atoms with Gasteiger partial charge in [-0.25, -0.2) is 0 Å². The molecule has 0 spiro atoms. The smallest absolute Gasteiger partial charge is 0.239 e. The number of hydrogen-bond donors (Lipinski definition) is 1. The van der Waals surface area contributed by atoms with Crippen LogP contribution in [0.1, 0.15) is 19.8 Å². The second-order valence-electron chi connectivity index (χ2n) is 3.21. The Morgan fingerprint density at radius 2 is 2.42 bits per heavy atom. The third-order valence-electron chi connectivity index (χ3n) is 1.99. The van der Waals surface area contributed by atoms with E-state index >= 15 is 0 Å². The maximum Gasteiger partial charge on any atom is 0.239 e. The topological polar surface area (TPSA) is 63.4 Å². The summed E-state index contributed by atoms with van der Waals surface area (Å²) in [7, 11) is 0. The Bertz CT molecular complexity index is 203. The van der Waals surface area contributed by atoms with Gasteiger partial charge in [0.15, 0.2) is 0 Å². The van der Waals surface area contributed by atoms with E-state index in [1.165, 1.54) is 11.8 Å². The number of hydrogen-bond acceptors (Lipinski definition) is 3. The molecule has 1 aliphatic rings. The van der Waals surface area contributed by atoms with E-state index in [0.29, 0.717) is 6.54 Å². The molecule has 4 nitrogen and oxygen atoms in total. The van der Waals surface area contributed by atoms with Crippen molar-refractivity contribution in [3.05, 3.63) is 0 Å². The second kappa shape index (κ2) is 3.67. The first-order valence-corrected chi connectivity index (χ1v) is 4.15. The first-order chi connectivity index (χ1) is 5.61. The molecule has 0 radical (unpaired) electrons. The third kappa shape index (κ3) is 2.04. The molecule has 1 fully saturated rings. The van der Waals surface area contributed by atoms with Gasteiger partial charge in [-0.05, 0) is 19.8 Å². The van der Waals surface area contributed by atoms with Gasteiger partial charge >= 0.3 is 0 Å². The maximum absolute atomic E-state index is 11.3. The van der Waals surface area contributed by atoms with Crippen LogP contribution in [0, 0.1) is 0 Å². The van der Waals surface area contributed by atoms with Crippen LogP contribution in [0.3, 0.4) is 0 Å².